The van der Waals surface area contributed by atoms with Crippen LogP contribution in [-0.4, -0.2) is 44.1 Å². The molecule has 1 aromatic rings. The van der Waals surface area contributed by atoms with Crippen LogP contribution in [0, 0.1) is 5.82 Å². The Balaban J connectivity index is 1.93. The van der Waals surface area contributed by atoms with Crippen molar-refractivity contribution >= 4 is 5.69 Å². The molecular formula is C16H25FN2O2. The first-order chi connectivity index (χ1) is 10.0. The first-order valence-electron chi connectivity index (χ1n) is 7.47. The van der Waals surface area contributed by atoms with Crippen LogP contribution < -0.4 is 10.2 Å². The standard InChI is InChI=1S/C16H25FN2O2/c1-16(20)5-8-19(9-6-16)15-4-3-13(11-14(15)17)12-18-7-10-21-2/h3-4,11,18,20H,5-10,12H2,1-2H3. The molecule has 0 atom stereocenters. The molecule has 0 bridgehead atoms. The van der Waals surface area contributed by atoms with Gasteiger partial charge in [0.1, 0.15) is 5.82 Å². The second-order valence-corrected chi connectivity index (χ2v) is 5.94. The van der Waals surface area contributed by atoms with E-state index in [1.54, 1.807) is 13.2 Å². The number of benzene rings is 1. The summed E-state index contributed by atoms with van der Waals surface area (Å²) in [5.41, 5.74) is 0.945. The van der Waals surface area contributed by atoms with E-state index in [4.69, 9.17) is 4.74 Å². The third-order valence-electron chi connectivity index (χ3n) is 4.01. The summed E-state index contributed by atoms with van der Waals surface area (Å²) in [6, 6.07) is 5.37. The van der Waals surface area contributed by atoms with Gasteiger partial charge >= 0.3 is 0 Å². The monoisotopic (exact) mass is 296 g/mol. The summed E-state index contributed by atoms with van der Waals surface area (Å²) in [4.78, 5) is 2.01. The molecule has 1 fully saturated rings. The number of piperidine rings is 1. The second kappa shape index (κ2) is 7.20. The van der Waals surface area contributed by atoms with Gasteiger partial charge < -0.3 is 20.1 Å². The molecule has 1 saturated heterocycles. The Kier molecular flexibility index (Phi) is 5.56. The first kappa shape index (κ1) is 16.2. The van der Waals surface area contributed by atoms with Gasteiger partial charge in [0.15, 0.2) is 0 Å². The molecule has 0 spiro atoms. The smallest absolute Gasteiger partial charge is 0.146 e. The summed E-state index contributed by atoms with van der Waals surface area (Å²) in [7, 11) is 1.66. The number of halogens is 1. The maximum Gasteiger partial charge on any atom is 0.146 e. The van der Waals surface area contributed by atoms with Gasteiger partial charge in [0.05, 0.1) is 17.9 Å². The third kappa shape index (κ3) is 4.66. The molecule has 4 nitrogen and oxygen atoms in total. The zero-order chi connectivity index (χ0) is 15.3. The number of aliphatic hydroxyl groups is 1. The Hall–Kier alpha value is -1.17. The lowest BCUT2D eigenvalue weighted by Gasteiger charge is -2.37. The van der Waals surface area contributed by atoms with Crippen LogP contribution in [0.1, 0.15) is 25.3 Å². The fraction of sp³-hybridized carbons (Fsp3) is 0.625. The highest BCUT2D eigenvalue weighted by Gasteiger charge is 2.28. The van der Waals surface area contributed by atoms with E-state index in [2.05, 4.69) is 5.32 Å². The highest BCUT2D eigenvalue weighted by atomic mass is 19.1. The number of hydrogen-bond acceptors (Lipinski definition) is 4. The van der Waals surface area contributed by atoms with Gasteiger partial charge in [-0.25, -0.2) is 4.39 Å². The molecule has 1 aromatic carbocycles. The summed E-state index contributed by atoms with van der Waals surface area (Å²) in [6.45, 7) is 5.25. The Morgan fingerprint density at radius 2 is 2.10 bits per heavy atom. The second-order valence-electron chi connectivity index (χ2n) is 5.94. The Morgan fingerprint density at radius 3 is 2.71 bits per heavy atom. The van der Waals surface area contributed by atoms with Crippen LogP contribution in [-0.2, 0) is 11.3 Å². The molecule has 0 amide bonds. The SMILES string of the molecule is COCCNCc1ccc(N2CCC(C)(O)CC2)c(F)c1. The van der Waals surface area contributed by atoms with Crippen LogP contribution in [0.15, 0.2) is 18.2 Å². The summed E-state index contributed by atoms with van der Waals surface area (Å²) < 4.78 is 19.2. The Bertz CT molecular complexity index is 456. The van der Waals surface area contributed by atoms with Crippen LogP contribution in [0.3, 0.4) is 0 Å². The number of nitrogens with zero attached hydrogens (tertiary/aromatic N) is 1. The van der Waals surface area contributed by atoms with Crippen molar-refractivity contribution in [3.05, 3.63) is 29.6 Å². The minimum Gasteiger partial charge on any atom is -0.390 e. The van der Waals surface area contributed by atoms with E-state index in [-0.39, 0.29) is 5.82 Å². The van der Waals surface area contributed by atoms with Crippen molar-refractivity contribution in [2.45, 2.75) is 31.9 Å². The zero-order valence-corrected chi connectivity index (χ0v) is 12.9. The number of hydrogen-bond donors (Lipinski definition) is 2. The molecule has 0 saturated carbocycles. The van der Waals surface area contributed by atoms with Crippen LogP contribution in [0.25, 0.3) is 0 Å². The fourth-order valence-electron chi connectivity index (χ4n) is 2.55. The van der Waals surface area contributed by atoms with Gasteiger partial charge in [-0.2, -0.15) is 0 Å². The van der Waals surface area contributed by atoms with Gasteiger partial charge in [0.25, 0.3) is 0 Å². The Morgan fingerprint density at radius 1 is 1.38 bits per heavy atom. The van der Waals surface area contributed by atoms with Crippen molar-refractivity contribution in [2.75, 3.05) is 38.3 Å². The molecule has 1 aliphatic rings. The molecule has 118 valence electrons. The van der Waals surface area contributed by atoms with E-state index in [0.717, 1.165) is 12.1 Å². The molecule has 1 aliphatic heterocycles. The van der Waals surface area contributed by atoms with Gasteiger partial charge in [-0.15, -0.1) is 0 Å². The Labute approximate surface area is 125 Å². The molecule has 2 rings (SSSR count). The molecule has 5 heteroatoms. The minimum absolute atomic E-state index is 0.192. The number of nitrogens with one attached hydrogen (secondary N) is 1. The lowest BCUT2D eigenvalue weighted by atomic mass is 9.93. The van der Waals surface area contributed by atoms with Crippen molar-refractivity contribution in [3.8, 4) is 0 Å². The van der Waals surface area contributed by atoms with Gasteiger partial charge in [0.2, 0.25) is 0 Å². The van der Waals surface area contributed by atoms with Crippen molar-refractivity contribution in [1.82, 2.24) is 5.32 Å². The van der Waals surface area contributed by atoms with Gasteiger partial charge in [-0.05, 0) is 37.5 Å². The van der Waals surface area contributed by atoms with Gasteiger partial charge in [-0.3, -0.25) is 0 Å². The van der Waals surface area contributed by atoms with E-state index in [9.17, 15) is 9.50 Å². The quantitative estimate of drug-likeness (QED) is 0.787. The molecule has 0 aliphatic carbocycles. The van der Waals surface area contributed by atoms with Crippen LogP contribution in [0.4, 0.5) is 10.1 Å². The average molecular weight is 296 g/mol. The largest absolute Gasteiger partial charge is 0.390 e. The van der Waals surface area contributed by atoms with Crippen molar-refractivity contribution < 1.29 is 14.2 Å². The van der Waals surface area contributed by atoms with Crippen LogP contribution >= 0.6 is 0 Å². The highest BCUT2D eigenvalue weighted by molar-refractivity contribution is 5.49. The van der Waals surface area contributed by atoms with E-state index in [1.165, 1.54) is 0 Å². The van der Waals surface area contributed by atoms with Gasteiger partial charge in [0, 0.05) is 33.3 Å². The van der Waals surface area contributed by atoms with Crippen LogP contribution in [0.5, 0.6) is 0 Å². The minimum atomic E-state index is -0.613. The fourth-order valence-corrected chi connectivity index (χ4v) is 2.55. The summed E-state index contributed by atoms with van der Waals surface area (Å²) >= 11 is 0. The predicted octanol–water partition coefficient (Wildman–Crippen LogP) is 1.91. The van der Waals surface area contributed by atoms with E-state index >= 15 is 0 Å². The topological polar surface area (TPSA) is 44.7 Å². The maximum absolute atomic E-state index is 14.2. The third-order valence-corrected chi connectivity index (χ3v) is 4.01. The van der Waals surface area contributed by atoms with E-state index in [1.807, 2.05) is 24.0 Å². The molecule has 1 heterocycles. The van der Waals surface area contributed by atoms with Crippen LogP contribution in [0.2, 0.25) is 0 Å². The normalized spacial score (nSPS) is 18.0. The molecular weight excluding hydrogens is 271 g/mol. The van der Waals surface area contributed by atoms with E-state index < -0.39 is 5.60 Å². The summed E-state index contributed by atoms with van der Waals surface area (Å²) in [6.07, 6.45) is 1.35. The van der Waals surface area contributed by atoms with Gasteiger partial charge in [-0.1, -0.05) is 6.07 Å². The van der Waals surface area contributed by atoms with E-state index in [0.29, 0.717) is 44.8 Å². The number of methoxy groups -OCH3 is 1. The number of rotatable bonds is 6. The molecule has 0 aromatic heterocycles. The number of anilines is 1. The summed E-state index contributed by atoms with van der Waals surface area (Å²) in [5.74, 6) is -0.192. The predicted molar refractivity (Wildman–Crippen MR) is 82.1 cm³/mol. The van der Waals surface area contributed by atoms with Crippen molar-refractivity contribution in [1.29, 1.82) is 0 Å². The molecule has 0 unspecified atom stereocenters. The molecule has 21 heavy (non-hydrogen) atoms. The van der Waals surface area contributed by atoms with Crippen molar-refractivity contribution in [2.24, 2.45) is 0 Å². The molecule has 0 radical (unpaired) electrons. The maximum atomic E-state index is 14.2. The summed E-state index contributed by atoms with van der Waals surface area (Å²) in [5, 5.41) is 13.2. The zero-order valence-electron chi connectivity index (χ0n) is 12.9. The number of ether oxygens (including phenoxy) is 1. The highest BCUT2D eigenvalue weighted by Crippen LogP contribution is 2.28. The lowest BCUT2D eigenvalue weighted by molar-refractivity contribution is 0.0350. The lowest BCUT2D eigenvalue weighted by Crippen LogP contribution is -2.42. The average Bonchev–Trinajstić information content (AvgIpc) is 2.44. The first-order valence-corrected chi connectivity index (χ1v) is 7.47. The molecule has 2 N–H and O–H groups in total. The van der Waals surface area contributed by atoms with Crippen molar-refractivity contribution in [3.63, 3.8) is 0 Å².